The Kier molecular flexibility index (Phi) is 3.47. The predicted molar refractivity (Wildman–Crippen MR) is 47.4 cm³/mol. The molecule has 0 saturated heterocycles. The van der Waals surface area contributed by atoms with E-state index in [9.17, 15) is 4.79 Å². The zero-order chi connectivity index (χ0) is 8.39. The van der Waals surface area contributed by atoms with Gasteiger partial charge in [-0.1, -0.05) is 30.6 Å². The average Bonchev–Trinajstić information content (AvgIpc) is 2.74. The Morgan fingerprint density at radius 3 is 2.92 bits per heavy atom. The summed E-state index contributed by atoms with van der Waals surface area (Å²) in [6, 6.07) is 0. The fraction of sp³-hybridized carbons (Fsp3) is 0.182. The van der Waals surface area contributed by atoms with Gasteiger partial charge in [0.2, 0.25) is 0 Å². The van der Waals surface area contributed by atoms with Crippen molar-refractivity contribution in [2.24, 2.45) is 0 Å². The van der Waals surface area contributed by atoms with E-state index in [-0.39, 0.29) is 17.1 Å². The van der Waals surface area contributed by atoms with Crippen molar-refractivity contribution in [3.05, 3.63) is 47.1 Å². The van der Waals surface area contributed by atoms with Gasteiger partial charge in [0.1, 0.15) is 0 Å². The van der Waals surface area contributed by atoms with Crippen molar-refractivity contribution in [3.8, 4) is 0 Å². The van der Waals surface area contributed by atoms with Gasteiger partial charge in [-0.3, -0.25) is 0 Å². The van der Waals surface area contributed by atoms with Crippen molar-refractivity contribution in [1.29, 1.82) is 0 Å². The second-order valence-corrected chi connectivity index (χ2v) is 2.86. The molecular weight excluding hydrogens is 204 g/mol. The predicted octanol–water partition coefficient (Wildman–Crippen LogP) is 2.13. The number of allylic oxidation sites excluding steroid dienone is 8. The first kappa shape index (κ1) is 10.2. The minimum Gasteiger partial charge on any atom is -0.312 e. The van der Waals surface area contributed by atoms with Crippen LogP contribution < -0.4 is 0 Å². The van der Waals surface area contributed by atoms with Crippen molar-refractivity contribution in [3.63, 3.8) is 0 Å². The molecule has 2 aliphatic rings. The van der Waals surface area contributed by atoms with E-state index in [1.54, 1.807) is 0 Å². The van der Waals surface area contributed by atoms with Crippen LogP contribution in [0.25, 0.3) is 0 Å². The van der Waals surface area contributed by atoms with Gasteiger partial charge in [0.25, 0.3) is 0 Å². The maximum atomic E-state index is 10.6. The first-order chi connectivity index (χ1) is 5.92. The molecule has 0 unspecified atom stereocenters. The van der Waals surface area contributed by atoms with Gasteiger partial charge >= 0.3 is 0 Å². The van der Waals surface area contributed by atoms with Crippen LogP contribution in [0.3, 0.4) is 0 Å². The van der Waals surface area contributed by atoms with Crippen molar-refractivity contribution < 1.29 is 21.9 Å². The van der Waals surface area contributed by atoms with Crippen LogP contribution in [0.1, 0.15) is 12.8 Å². The molecule has 0 aromatic heterocycles. The summed E-state index contributed by atoms with van der Waals surface area (Å²) in [5, 5.41) is 0. The van der Waals surface area contributed by atoms with Crippen LogP contribution in [0.4, 0.5) is 0 Å². The SMILES string of the molecule is O=CC1=CC[C-]=C1C1=CC=CC1.[Fe]. The summed E-state index contributed by atoms with van der Waals surface area (Å²) < 4.78 is 0. The van der Waals surface area contributed by atoms with Gasteiger partial charge in [-0.25, -0.2) is 0 Å². The first-order valence-electron chi connectivity index (χ1n) is 4.04. The monoisotopic (exact) mass is 213 g/mol. The van der Waals surface area contributed by atoms with Gasteiger partial charge in [0, 0.05) is 17.1 Å². The molecule has 0 aromatic carbocycles. The number of rotatable bonds is 2. The van der Waals surface area contributed by atoms with Crippen LogP contribution in [0, 0.1) is 6.08 Å². The molecule has 0 atom stereocenters. The molecule has 2 rings (SSSR count). The van der Waals surface area contributed by atoms with Gasteiger partial charge in [0.15, 0.2) is 0 Å². The minimum absolute atomic E-state index is 0. The summed E-state index contributed by atoms with van der Waals surface area (Å²) in [4.78, 5) is 10.6. The third-order valence-electron chi connectivity index (χ3n) is 2.11. The van der Waals surface area contributed by atoms with Crippen molar-refractivity contribution in [2.75, 3.05) is 0 Å². The molecule has 0 heterocycles. The molecule has 2 heteroatoms. The van der Waals surface area contributed by atoms with E-state index in [0.717, 1.165) is 30.3 Å². The van der Waals surface area contributed by atoms with Crippen LogP contribution in [0.15, 0.2) is 41.0 Å². The molecule has 0 bridgehead atoms. The second-order valence-electron chi connectivity index (χ2n) is 2.86. The standard InChI is InChI=1S/C11H9O.Fe/c12-8-10-6-3-7-11(10)9-4-1-2-5-9;/h1-2,4,6,8H,3,5H2;/q-1;. The molecule has 2 aliphatic carbocycles. The van der Waals surface area contributed by atoms with E-state index in [4.69, 9.17) is 0 Å². The van der Waals surface area contributed by atoms with Crippen molar-refractivity contribution >= 4 is 6.29 Å². The number of aldehydes is 1. The summed E-state index contributed by atoms with van der Waals surface area (Å²) in [6.07, 6.45) is 13.9. The number of carbonyl (C=O) groups is 1. The van der Waals surface area contributed by atoms with E-state index in [1.807, 2.05) is 18.2 Å². The van der Waals surface area contributed by atoms with Gasteiger partial charge in [0.05, 0.1) is 6.29 Å². The first-order valence-corrected chi connectivity index (χ1v) is 4.04. The molecule has 0 amide bonds. The zero-order valence-electron chi connectivity index (χ0n) is 7.06. The van der Waals surface area contributed by atoms with E-state index in [1.165, 1.54) is 5.57 Å². The Bertz CT molecular complexity index is 332. The van der Waals surface area contributed by atoms with Gasteiger partial charge in [-0.05, 0) is 0 Å². The summed E-state index contributed by atoms with van der Waals surface area (Å²) in [7, 11) is 0. The maximum Gasteiger partial charge on any atom is 0.0952 e. The summed E-state index contributed by atoms with van der Waals surface area (Å²) >= 11 is 0. The molecule has 13 heavy (non-hydrogen) atoms. The largest absolute Gasteiger partial charge is 0.312 e. The van der Waals surface area contributed by atoms with E-state index in [2.05, 4.69) is 12.2 Å². The third-order valence-corrected chi connectivity index (χ3v) is 2.11. The molecule has 0 aromatic rings. The van der Waals surface area contributed by atoms with E-state index in [0.29, 0.717) is 0 Å². The molecule has 0 spiro atoms. The third kappa shape index (κ3) is 1.90. The average molecular weight is 213 g/mol. The molecular formula is C11H9FeO-. The molecule has 0 aliphatic heterocycles. The smallest absolute Gasteiger partial charge is 0.0952 e. The maximum absolute atomic E-state index is 10.6. The Morgan fingerprint density at radius 1 is 1.46 bits per heavy atom. The molecule has 1 nitrogen and oxygen atoms in total. The number of hydrogen-bond acceptors (Lipinski definition) is 1. The normalized spacial score (nSPS) is 18.9. The Labute approximate surface area is 88.4 Å². The van der Waals surface area contributed by atoms with Crippen molar-refractivity contribution in [1.82, 2.24) is 0 Å². The second kappa shape index (κ2) is 4.40. The topological polar surface area (TPSA) is 17.1 Å². The van der Waals surface area contributed by atoms with Gasteiger partial charge < -0.3 is 4.79 Å². The van der Waals surface area contributed by atoms with Crippen LogP contribution in [0.2, 0.25) is 0 Å². The minimum atomic E-state index is 0. The Balaban J connectivity index is 0.000000845. The molecule has 68 valence electrons. The zero-order valence-corrected chi connectivity index (χ0v) is 8.17. The fourth-order valence-electron chi connectivity index (χ4n) is 1.51. The fourth-order valence-corrected chi connectivity index (χ4v) is 1.51. The molecule has 0 saturated carbocycles. The van der Waals surface area contributed by atoms with Gasteiger partial charge in [-0.2, -0.15) is 11.6 Å². The number of carbonyl (C=O) groups excluding carboxylic acids is 1. The Hall–Kier alpha value is -0.851. The van der Waals surface area contributed by atoms with E-state index < -0.39 is 0 Å². The van der Waals surface area contributed by atoms with E-state index >= 15 is 0 Å². The quantitative estimate of drug-likeness (QED) is 0.390. The Morgan fingerprint density at radius 2 is 2.31 bits per heavy atom. The molecule has 0 radical (unpaired) electrons. The summed E-state index contributed by atoms with van der Waals surface area (Å²) in [5.74, 6) is 0. The molecule has 0 fully saturated rings. The summed E-state index contributed by atoms with van der Waals surface area (Å²) in [5.41, 5.74) is 3.02. The van der Waals surface area contributed by atoms with Crippen molar-refractivity contribution in [2.45, 2.75) is 12.8 Å². The van der Waals surface area contributed by atoms with Gasteiger partial charge in [-0.15, -0.1) is 17.7 Å². The van der Waals surface area contributed by atoms with Crippen LogP contribution in [-0.4, -0.2) is 6.29 Å². The number of hydrogen-bond donors (Lipinski definition) is 0. The van der Waals surface area contributed by atoms with Crippen LogP contribution >= 0.6 is 0 Å². The van der Waals surface area contributed by atoms with Crippen LogP contribution in [-0.2, 0) is 21.9 Å². The molecule has 0 N–H and O–H groups in total. The van der Waals surface area contributed by atoms with Crippen LogP contribution in [0.5, 0.6) is 0 Å². The summed E-state index contributed by atoms with van der Waals surface area (Å²) in [6.45, 7) is 0.